The second-order valence-electron chi connectivity index (χ2n) is 6.42. The maximum absolute atomic E-state index is 12.9. The Morgan fingerprint density at radius 2 is 1.82 bits per heavy atom. The van der Waals surface area contributed by atoms with Crippen LogP contribution in [0.4, 0.5) is 0 Å². The second-order valence-corrected chi connectivity index (χ2v) is 7.71. The Hall–Kier alpha value is -2.64. The lowest BCUT2D eigenvalue weighted by Crippen LogP contribution is -2.36. The molecule has 1 amide bonds. The molecule has 0 atom stereocenters. The molecule has 1 aliphatic heterocycles. The van der Waals surface area contributed by atoms with Gasteiger partial charge in [0, 0.05) is 28.0 Å². The minimum Gasteiger partial charge on any atom is -0.476 e. The van der Waals surface area contributed by atoms with E-state index < -0.39 is 5.97 Å². The molecular formula is C20H15BrClN3O3. The molecule has 1 aliphatic rings. The van der Waals surface area contributed by atoms with Crippen molar-refractivity contribution in [3.63, 3.8) is 0 Å². The number of hydrogen-bond acceptors (Lipinski definition) is 3. The van der Waals surface area contributed by atoms with Gasteiger partial charge in [-0.25, -0.2) is 9.48 Å². The summed E-state index contributed by atoms with van der Waals surface area (Å²) in [6.07, 6.45) is 0.508. The number of aromatic nitrogens is 2. The van der Waals surface area contributed by atoms with Crippen LogP contribution in [0.5, 0.6) is 0 Å². The lowest BCUT2D eigenvalue weighted by Gasteiger charge is -2.28. The van der Waals surface area contributed by atoms with Crippen LogP contribution < -0.4 is 0 Å². The average molecular weight is 461 g/mol. The highest BCUT2D eigenvalue weighted by atomic mass is 79.9. The molecule has 1 N–H and O–H groups in total. The Bertz CT molecular complexity index is 1080. The number of carboxylic acids is 1. The number of carboxylic acid groups (broad SMARTS) is 1. The molecule has 0 radical (unpaired) electrons. The van der Waals surface area contributed by atoms with Crippen LogP contribution in [0, 0.1) is 0 Å². The van der Waals surface area contributed by atoms with Crippen LogP contribution in [0.25, 0.3) is 5.69 Å². The molecular weight excluding hydrogens is 446 g/mol. The number of benzene rings is 2. The van der Waals surface area contributed by atoms with Crippen LogP contribution in [0.2, 0.25) is 5.02 Å². The van der Waals surface area contributed by atoms with E-state index >= 15 is 0 Å². The monoisotopic (exact) mass is 459 g/mol. The summed E-state index contributed by atoms with van der Waals surface area (Å²) in [7, 11) is 0. The quantitative estimate of drug-likeness (QED) is 0.636. The first kappa shape index (κ1) is 18.7. The molecule has 0 fully saturated rings. The highest BCUT2D eigenvalue weighted by Gasteiger charge is 2.31. The summed E-state index contributed by atoms with van der Waals surface area (Å²) >= 11 is 9.36. The van der Waals surface area contributed by atoms with E-state index in [1.807, 2.05) is 12.1 Å². The summed E-state index contributed by atoms with van der Waals surface area (Å²) in [6, 6.07) is 14.2. The van der Waals surface area contributed by atoms with Gasteiger partial charge < -0.3 is 10.0 Å². The summed E-state index contributed by atoms with van der Waals surface area (Å²) in [5.74, 6) is -1.26. The molecule has 142 valence electrons. The maximum Gasteiger partial charge on any atom is 0.356 e. The van der Waals surface area contributed by atoms with Crippen molar-refractivity contribution in [2.24, 2.45) is 0 Å². The van der Waals surface area contributed by atoms with Crippen molar-refractivity contribution in [1.29, 1.82) is 0 Å². The van der Waals surface area contributed by atoms with Gasteiger partial charge in [-0.2, -0.15) is 5.10 Å². The van der Waals surface area contributed by atoms with Crippen molar-refractivity contribution < 1.29 is 14.7 Å². The largest absolute Gasteiger partial charge is 0.476 e. The van der Waals surface area contributed by atoms with Gasteiger partial charge >= 0.3 is 5.97 Å². The standard InChI is InChI=1S/C20H15BrClN3O3/c21-16-4-2-1-3-14(16)19(26)24-10-9-17-15(11-24)18(20(27)28)23-25(17)13-7-5-12(22)6-8-13/h1-8H,9-11H2,(H,27,28). The van der Waals surface area contributed by atoms with E-state index in [4.69, 9.17) is 11.6 Å². The van der Waals surface area contributed by atoms with Crippen LogP contribution in [0.3, 0.4) is 0 Å². The Labute approximate surface area is 174 Å². The number of hydrogen-bond donors (Lipinski definition) is 1. The third-order valence-electron chi connectivity index (χ3n) is 4.72. The Balaban J connectivity index is 1.72. The molecule has 4 rings (SSSR count). The van der Waals surface area contributed by atoms with Gasteiger partial charge in [-0.1, -0.05) is 23.7 Å². The van der Waals surface area contributed by atoms with Crippen molar-refractivity contribution in [2.45, 2.75) is 13.0 Å². The summed E-state index contributed by atoms with van der Waals surface area (Å²) in [5.41, 5.74) is 2.62. The van der Waals surface area contributed by atoms with Gasteiger partial charge in [0.15, 0.2) is 5.69 Å². The van der Waals surface area contributed by atoms with Crippen molar-refractivity contribution in [3.05, 3.63) is 80.5 Å². The zero-order valence-electron chi connectivity index (χ0n) is 14.6. The fraction of sp³-hybridized carbons (Fsp3) is 0.150. The van der Waals surface area contributed by atoms with Gasteiger partial charge in [0.25, 0.3) is 5.91 Å². The number of amides is 1. The van der Waals surface area contributed by atoms with E-state index in [9.17, 15) is 14.7 Å². The molecule has 0 saturated carbocycles. The third kappa shape index (κ3) is 3.31. The van der Waals surface area contributed by atoms with E-state index in [0.717, 1.165) is 11.4 Å². The van der Waals surface area contributed by atoms with Crippen LogP contribution >= 0.6 is 27.5 Å². The van der Waals surface area contributed by atoms with Crippen LogP contribution in [-0.2, 0) is 13.0 Å². The first-order valence-electron chi connectivity index (χ1n) is 8.59. The average Bonchev–Trinajstić information content (AvgIpc) is 3.07. The van der Waals surface area contributed by atoms with Crippen molar-refractivity contribution >= 4 is 39.4 Å². The number of nitrogens with zero attached hydrogens (tertiary/aromatic N) is 3. The topological polar surface area (TPSA) is 75.4 Å². The molecule has 6 nitrogen and oxygen atoms in total. The number of aromatic carboxylic acids is 1. The molecule has 0 bridgehead atoms. The summed E-state index contributed by atoms with van der Waals surface area (Å²) < 4.78 is 2.34. The molecule has 1 aromatic heterocycles. The molecule has 0 aliphatic carbocycles. The summed E-state index contributed by atoms with van der Waals surface area (Å²) in [6.45, 7) is 0.677. The van der Waals surface area contributed by atoms with Crippen molar-refractivity contribution in [1.82, 2.24) is 14.7 Å². The summed E-state index contributed by atoms with van der Waals surface area (Å²) in [5, 5.41) is 14.5. The Kier molecular flexibility index (Phi) is 4.95. The molecule has 0 unspecified atom stereocenters. The highest BCUT2D eigenvalue weighted by molar-refractivity contribution is 9.10. The Morgan fingerprint density at radius 1 is 1.11 bits per heavy atom. The molecule has 2 aromatic carbocycles. The minimum atomic E-state index is -1.11. The molecule has 0 saturated heterocycles. The van der Waals surface area contributed by atoms with E-state index in [0.29, 0.717) is 33.6 Å². The van der Waals surface area contributed by atoms with Gasteiger partial charge in [0.05, 0.1) is 23.5 Å². The number of rotatable bonds is 3. The lowest BCUT2D eigenvalue weighted by atomic mass is 10.0. The van der Waals surface area contributed by atoms with Crippen LogP contribution in [0.15, 0.2) is 53.0 Å². The van der Waals surface area contributed by atoms with Gasteiger partial charge in [-0.05, 0) is 52.3 Å². The SMILES string of the molecule is O=C(O)c1nn(-c2ccc(Cl)cc2)c2c1CN(C(=O)c1ccccc1Br)CC2. The highest BCUT2D eigenvalue weighted by Crippen LogP contribution is 2.28. The van der Waals surface area contributed by atoms with Gasteiger partial charge in [-0.15, -0.1) is 0 Å². The van der Waals surface area contributed by atoms with Crippen molar-refractivity contribution in [2.75, 3.05) is 6.54 Å². The number of carbonyl (C=O) groups is 2. The minimum absolute atomic E-state index is 0.0328. The third-order valence-corrected chi connectivity index (χ3v) is 5.67. The predicted octanol–water partition coefficient (Wildman–Crippen LogP) is 4.18. The first-order chi connectivity index (χ1) is 13.5. The van der Waals surface area contributed by atoms with Gasteiger partial charge in [-0.3, -0.25) is 4.79 Å². The maximum atomic E-state index is 12.9. The predicted molar refractivity (Wildman–Crippen MR) is 108 cm³/mol. The normalized spacial score (nSPS) is 13.3. The number of halogens is 2. The zero-order chi connectivity index (χ0) is 19.8. The van der Waals surface area contributed by atoms with E-state index in [1.165, 1.54) is 0 Å². The number of carbonyl (C=O) groups excluding carboxylic acids is 1. The Morgan fingerprint density at radius 3 is 2.50 bits per heavy atom. The smallest absolute Gasteiger partial charge is 0.356 e. The van der Waals surface area contributed by atoms with Crippen molar-refractivity contribution in [3.8, 4) is 5.69 Å². The lowest BCUT2D eigenvalue weighted by molar-refractivity contribution is 0.0674. The van der Waals surface area contributed by atoms with E-state index in [-0.39, 0.29) is 18.1 Å². The van der Waals surface area contributed by atoms with Gasteiger partial charge in [0.1, 0.15) is 0 Å². The number of fused-ring (bicyclic) bond motifs is 1. The molecule has 28 heavy (non-hydrogen) atoms. The van der Waals surface area contributed by atoms with Crippen LogP contribution in [-0.4, -0.2) is 38.2 Å². The summed E-state index contributed by atoms with van der Waals surface area (Å²) in [4.78, 5) is 26.4. The van der Waals surface area contributed by atoms with Gasteiger partial charge in [0.2, 0.25) is 0 Å². The second kappa shape index (κ2) is 7.41. The fourth-order valence-electron chi connectivity index (χ4n) is 3.36. The van der Waals surface area contributed by atoms with E-state index in [2.05, 4.69) is 21.0 Å². The first-order valence-corrected chi connectivity index (χ1v) is 9.76. The molecule has 3 aromatic rings. The van der Waals surface area contributed by atoms with E-state index in [1.54, 1.807) is 46.0 Å². The zero-order valence-corrected chi connectivity index (χ0v) is 16.9. The molecule has 2 heterocycles. The molecule has 0 spiro atoms. The van der Waals surface area contributed by atoms with Crippen LogP contribution in [0.1, 0.15) is 32.1 Å². The molecule has 8 heteroatoms. The fourth-order valence-corrected chi connectivity index (χ4v) is 3.95.